The molecule has 1 amide bonds. The predicted molar refractivity (Wildman–Crippen MR) is 58.2 cm³/mol. The van der Waals surface area contributed by atoms with Gasteiger partial charge in [0.15, 0.2) is 17.4 Å². The van der Waals surface area contributed by atoms with Crippen molar-refractivity contribution in [3.63, 3.8) is 0 Å². The first kappa shape index (κ1) is 13.4. The van der Waals surface area contributed by atoms with Gasteiger partial charge in [0, 0.05) is 13.0 Å². The molecule has 1 rings (SSSR count). The van der Waals surface area contributed by atoms with E-state index in [1.807, 2.05) is 0 Å². The number of primary amides is 1. The maximum absolute atomic E-state index is 12.9. The topological polar surface area (TPSA) is 75.4 Å². The summed E-state index contributed by atoms with van der Waals surface area (Å²) in [6.45, 7) is 0.778. The van der Waals surface area contributed by atoms with Gasteiger partial charge in [-0.1, -0.05) is 0 Å². The van der Waals surface area contributed by atoms with Gasteiger partial charge < -0.3 is 16.2 Å². The van der Waals surface area contributed by atoms with Crippen molar-refractivity contribution < 1.29 is 18.7 Å². The maximum atomic E-state index is 12.9. The molecule has 0 saturated carbocycles. The van der Waals surface area contributed by atoms with Gasteiger partial charge in [0.2, 0.25) is 5.91 Å². The number of halogens is 2. The molecule has 0 aliphatic rings. The van der Waals surface area contributed by atoms with E-state index in [0.29, 0.717) is 18.5 Å². The molecule has 0 aromatic heterocycles. The molecule has 0 radical (unpaired) electrons. The van der Waals surface area contributed by atoms with E-state index in [4.69, 9.17) is 10.8 Å². The molecule has 0 aliphatic carbocycles. The van der Waals surface area contributed by atoms with Gasteiger partial charge in [-0.3, -0.25) is 4.79 Å². The highest BCUT2D eigenvalue weighted by Crippen LogP contribution is 2.21. The Balaban J connectivity index is 2.39. The van der Waals surface area contributed by atoms with E-state index in [-0.39, 0.29) is 18.9 Å². The third-order valence-electron chi connectivity index (χ3n) is 2.18. The molecule has 0 heterocycles. The lowest BCUT2D eigenvalue weighted by molar-refractivity contribution is -0.118. The summed E-state index contributed by atoms with van der Waals surface area (Å²) >= 11 is 0. The normalized spacial score (nSPS) is 10.5. The molecule has 0 saturated heterocycles. The van der Waals surface area contributed by atoms with Gasteiger partial charge in [-0.05, 0) is 30.7 Å². The summed E-state index contributed by atoms with van der Waals surface area (Å²) in [6, 6.07) is 2.11. The Bertz CT molecular complexity index is 387. The Hall–Kier alpha value is -1.69. The van der Waals surface area contributed by atoms with Crippen molar-refractivity contribution >= 4 is 5.91 Å². The average Bonchev–Trinajstić information content (AvgIpc) is 2.25. The van der Waals surface area contributed by atoms with Crippen molar-refractivity contribution in [2.45, 2.75) is 19.4 Å². The van der Waals surface area contributed by atoms with Crippen LogP contribution in [-0.2, 0) is 11.3 Å². The molecule has 0 fully saturated rings. The molecule has 94 valence electrons. The van der Waals surface area contributed by atoms with E-state index in [0.717, 1.165) is 12.1 Å². The maximum Gasteiger partial charge on any atom is 0.217 e. The largest absolute Gasteiger partial charge is 0.503 e. The van der Waals surface area contributed by atoms with E-state index >= 15 is 0 Å². The second-order valence-electron chi connectivity index (χ2n) is 3.65. The van der Waals surface area contributed by atoms with E-state index in [1.165, 1.54) is 0 Å². The molecule has 0 unspecified atom stereocenters. The molecule has 17 heavy (non-hydrogen) atoms. The molecule has 4 nitrogen and oxygen atoms in total. The van der Waals surface area contributed by atoms with Crippen LogP contribution in [0.5, 0.6) is 5.75 Å². The molecule has 0 spiro atoms. The highest BCUT2D eigenvalue weighted by molar-refractivity contribution is 5.73. The van der Waals surface area contributed by atoms with E-state index in [2.05, 4.69) is 5.32 Å². The summed E-state index contributed by atoms with van der Waals surface area (Å²) in [4.78, 5) is 10.4. The summed E-state index contributed by atoms with van der Waals surface area (Å²) in [7, 11) is 0. The number of phenolic OH excluding ortho intramolecular Hbond substituents is 1. The van der Waals surface area contributed by atoms with Crippen LogP contribution in [0.3, 0.4) is 0 Å². The Morgan fingerprint density at radius 2 is 1.94 bits per heavy atom. The Morgan fingerprint density at radius 1 is 1.35 bits per heavy atom. The van der Waals surface area contributed by atoms with Crippen LogP contribution in [0.1, 0.15) is 18.4 Å². The number of phenols is 1. The van der Waals surface area contributed by atoms with Gasteiger partial charge >= 0.3 is 0 Å². The first-order chi connectivity index (χ1) is 8.00. The van der Waals surface area contributed by atoms with E-state index in [1.54, 1.807) is 0 Å². The van der Waals surface area contributed by atoms with Crippen molar-refractivity contribution in [2.75, 3.05) is 6.54 Å². The van der Waals surface area contributed by atoms with Crippen molar-refractivity contribution in [2.24, 2.45) is 5.73 Å². The van der Waals surface area contributed by atoms with Crippen LogP contribution in [0.2, 0.25) is 0 Å². The number of aromatic hydroxyl groups is 1. The minimum Gasteiger partial charge on any atom is -0.503 e. The number of hydrogen-bond donors (Lipinski definition) is 3. The number of nitrogens with one attached hydrogen (secondary N) is 1. The quantitative estimate of drug-likeness (QED) is 0.654. The zero-order chi connectivity index (χ0) is 12.8. The SMILES string of the molecule is NC(=O)CCCNCc1cc(F)c(O)c(F)c1. The molecule has 1 aromatic rings. The van der Waals surface area contributed by atoms with Crippen LogP contribution in [0.15, 0.2) is 12.1 Å². The second-order valence-corrected chi connectivity index (χ2v) is 3.65. The van der Waals surface area contributed by atoms with Crippen LogP contribution in [0.4, 0.5) is 8.78 Å². The van der Waals surface area contributed by atoms with Gasteiger partial charge in [-0.25, -0.2) is 8.78 Å². The number of carbonyl (C=O) groups excluding carboxylic acids is 1. The van der Waals surface area contributed by atoms with Crippen LogP contribution < -0.4 is 11.1 Å². The van der Waals surface area contributed by atoms with Crippen LogP contribution in [-0.4, -0.2) is 17.6 Å². The monoisotopic (exact) mass is 244 g/mol. The lowest BCUT2D eigenvalue weighted by Crippen LogP contribution is -2.18. The Labute approximate surface area is 97.4 Å². The summed E-state index contributed by atoms with van der Waals surface area (Å²) in [6.07, 6.45) is 0.837. The number of rotatable bonds is 6. The summed E-state index contributed by atoms with van der Waals surface area (Å²) in [5, 5.41) is 11.8. The van der Waals surface area contributed by atoms with Crippen LogP contribution in [0.25, 0.3) is 0 Å². The zero-order valence-corrected chi connectivity index (χ0v) is 9.17. The molecule has 0 bridgehead atoms. The molecule has 4 N–H and O–H groups in total. The van der Waals surface area contributed by atoms with Gasteiger partial charge in [0.1, 0.15) is 0 Å². The fourth-order valence-corrected chi connectivity index (χ4v) is 1.34. The van der Waals surface area contributed by atoms with Gasteiger partial charge in [0.25, 0.3) is 0 Å². The van der Waals surface area contributed by atoms with Gasteiger partial charge in [-0.15, -0.1) is 0 Å². The third kappa shape index (κ3) is 4.36. The first-order valence-electron chi connectivity index (χ1n) is 5.16. The Kier molecular flexibility index (Phi) is 4.84. The second kappa shape index (κ2) is 6.15. The zero-order valence-electron chi connectivity index (χ0n) is 9.17. The lowest BCUT2D eigenvalue weighted by Gasteiger charge is -2.05. The highest BCUT2D eigenvalue weighted by atomic mass is 19.1. The minimum absolute atomic E-state index is 0.257. The average molecular weight is 244 g/mol. The number of amides is 1. The third-order valence-corrected chi connectivity index (χ3v) is 2.18. The molecular formula is C11H14F2N2O2. The van der Waals surface area contributed by atoms with Crippen molar-refractivity contribution in [3.8, 4) is 5.75 Å². The lowest BCUT2D eigenvalue weighted by atomic mass is 10.2. The fraction of sp³-hybridized carbons (Fsp3) is 0.364. The first-order valence-corrected chi connectivity index (χ1v) is 5.16. The summed E-state index contributed by atoms with van der Waals surface area (Å²) < 4.78 is 25.9. The molecule has 6 heteroatoms. The number of nitrogens with two attached hydrogens (primary N) is 1. The number of carbonyl (C=O) groups is 1. The fourth-order valence-electron chi connectivity index (χ4n) is 1.34. The van der Waals surface area contributed by atoms with E-state index < -0.39 is 17.4 Å². The molecule has 1 aromatic carbocycles. The van der Waals surface area contributed by atoms with Crippen molar-refractivity contribution in [1.29, 1.82) is 0 Å². The number of hydrogen-bond acceptors (Lipinski definition) is 3. The summed E-state index contributed by atoms with van der Waals surface area (Å²) in [5.41, 5.74) is 5.33. The van der Waals surface area contributed by atoms with Gasteiger partial charge in [0.05, 0.1) is 0 Å². The smallest absolute Gasteiger partial charge is 0.217 e. The standard InChI is InChI=1S/C11H14F2N2O2/c12-8-4-7(5-9(13)11(8)17)6-15-3-1-2-10(14)16/h4-5,15,17H,1-3,6H2,(H2,14,16). The van der Waals surface area contributed by atoms with Crippen LogP contribution >= 0.6 is 0 Å². The van der Waals surface area contributed by atoms with Crippen molar-refractivity contribution in [3.05, 3.63) is 29.3 Å². The highest BCUT2D eigenvalue weighted by Gasteiger charge is 2.08. The van der Waals surface area contributed by atoms with E-state index in [9.17, 15) is 13.6 Å². The Morgan fingerprint density at radius 3 is 2.47 bits per heavy atom. The molecular weight excluding hydrogens is 230 g/mol. The van der Waals surface area contributed by atoms with Gasteiger partial charge in [-0.2, -0.15) is 0 Å². The number of benzene rings is 1. The molecule has 0 atom stereocenters. The summed E-state index contributed by atoms with van der Waals surface area (Å²) in [5.74, 6) is -3.33. The minimum atomic E-state index is -0.987. The van der Waals surface area contributed by atoms with Crippen LogP contribution in [0, 0.1) is 11.6 Å². The van der Waals surface area contributed by atoms with Crippen molar-refractivity contribution in [1.82, 2.24) is 5.32 Å². The molecule has 0 aliphatic heterocycles. The predicted octanol–water partition coefficient (Wildman–Crippen LogP) is 1.03.